The molecule has 1 heterocycles. The van der Waals surface area contributed by atoms with Crippen LogP contribution in [0.5, 0.6) is 0 Å². The average Bonchev–Trinajstić information content (AvgIpc) is 3.30. The number of nitrogens with zero attached hydrogens (tertiary/aromatic N) is 2. The summed E-state index contributed by atoms with van der Waals surface area (Å²) in [6, 6.07) is 8.87. The molecule has 0 spiro atoms. The van der Waals surface area contributed by atoms with Crippen LogP contribution in [-0.4, -0.2) is 48.3 Å². The molecule has 0 aliphatic heterocycles. The fraction of sp³-hybridized carbons (Fsp3) is 0.412. The van der Waals surface area contributed by atoms with Gasteiger partial charge in [-0.05, 0) is 31.2 Å². The maximum absolute atomic E-state index is 13.0. The molecule has 128 valence electrons. The molecule has 1 fully saturated rings. The van der Waals surface area contributed by atoms with Gasteiger partial charge in [0.15, 0.2) is 0 Å². The minimum absolute atomic E-state index is 0.0590. The second-order valence-electron chi connectivity index (χ2n) is 6.40. The summed E-state index contributed by atoms with van der Waals surface area (Å²) in [4.78, 5) is 18.8. The first-order valence-electron chi connectivity index (χ1n) is 7.82. The summed E-state index contributed by atoms with van der Waals surface area (Å²) in [5, 5.41) is 1.91. The van der Waals surface area contributed by atoms with E-state index in [2.05, 4.69) is 4.98 Å². The summed E-state index contributed by atoms with van der Waals surface area (Å²) in [7, 11) is -3.17. The third kappa shape index (κ3) is 3.70. The molecule has 0 N–H and O–H groups in total. The Kier molecular flexibility index (Phi) is 4.53. The van der Waals surface area contributed by atoms with E-state index in [1.54, 1.807) is 17.9 Å². The number of carbonyl (C=O) groups is 1. The van der Waals surface area contributed by atoms with E-state index in [4.69, 9.17) is 11.6 Å². The van der Waals surface area contributed by atoms with E-state index in [1.807, 2.05) is 24.3 Å². The van der Waals surface area contributed by atoms with Crippen LogP contribution in [-0.2, 0) is 9.84 Å². The van der Waals surface area contributed by atoms with Crippen molar-refractivity contribution in [2.45, 2.75) is 31.8 Å². The Morgan fingerprint density at radius 2 is 2.04 bits per heavy atom. The summed E-state index contributed by atoms with van der Waals surface area (Å²) in [5.41, 5.74) is 0.256. The van der Waals surface area contributed by atoms with E-state index in [0.29, 0.717) is 0 Å². The lowest BCUT2D eigenvalue weighted by atomic mass is 10.1. The molecule has 1 atom stereocenters. The van der Waals surface area contributed by atoms with Crippen molar-refractivity contribution in [3.8, 4) is 0 Å². The Labute approximate surface area is 146 Å². The molecule has 5 nitrogen and oxygen atoms in total. The molecule has 1 saturated carbocycles. The molecule has 0 saturated heterocycles. The lowest BCUT2D eigenvalue weighted by Crippen LogP contribution is -2.44. The van der Waals surface area contributed by atoms with Gasteiger partial charge < -0.3 is 4.90 Å². The molecular formula is C17H19ClN2O3S. The van der Waals surface area contributed by atoms with Crippen molar-refractivity contribution in [1.82, 2.24) is 9.88 Å². The third-order valence-corrected chi connectivity index (χ3v) is 5.48. The number of hydrogen-bond acceptors (Lipinski definition) is 4. The van der Waals surface area contributed by atoms with E-state index in [9.17, 15) is 13.2 Å². The predicted octanol–water partition coefficient (Wildman–Crippen LogP) is 2.93. The van der Waals surface area contributed by atoms with Gasteiger partial charge in [-0.15, -0.1) is 0 Å². The van der Waals surface area contributed by atoms with Crippen LogP contribution in [0.3, 0.4) is 0 Å². The van der Waals surface area contributed by atoms with Gasteiger partial charge in [-0.25, -0.2) is 13.4 Å². The molecule has 1 aliphatic rings. The highest BCUT2D eigenvalue weighted by atomic mass is 35.5. The highest BCUT2D eigenvalue weighted by molar-refractivity contribution is 7.90. The van der Waals surface area contributed by atoms with Crippen molar-refractivity contribution in [2.24, 2.45) is 0 Å². The average molecular weight is 367 g/mol. The minimum Gasteiger partial charge on any atom is -0.331 e. The SMILES string of the molecule is CC(CS(C)(=O)=O)N(C(=O)c1cc2ccccc2c(Cl)n1)C1CC1. The lowest BCUT2D eigenvalue weighted by Gasteiger charge is -2.28. The van der Waals surface area contributed by atoms with Crippen LogP contribution in [0.1, 0.15) is 30.3 Å². The van der Waals surface area contributed by atoms with Crippen LogP contribution >= 0.6 is 11.6 Å². The van der Waals surface area contributed by atoms with Gasteiger partial charge in [-0.1, -0.05) is 35.9 Å². The number of benzene rings is 1. The van der Waals surface area contributed by atoms with Crippen molar-refractivity contribution in [3.05, 3.63) is 41.2 Å². The molecule has 1 aromatic heterocycles. The molecule has 3 rings (SSSR count). The van der Waals surface area contributed by atoms with Crippen LogP contribution in [0.2, 0.25) is 5.15 Å². The Balaban J connectivity index is 1.96. The maximum Gasteiger partial charge on any atom is 0.273 e. The van der Waals surface area contributed by atoms with Crippen LogP contribution in [0.4, 0.5) is 0 Å². The number of pyridine rings is 1. The molecule has 1 aromatic carbocycles. The van der Waals surface area contributed by atoms with E-state index >= 15 is 0 Å². The third-order valence-electron chi connectivity index (χ3n) is 4.11. The van der Waals surface area contributed by atoms with Gasteiger partial charge in [0, 0.05) is 23.7 Å². The van der Waals surface area contributed by atoms with Crippen molar-refractivity contribution in [2.75, 3.05) is 12.0 Å². The van der Waals surface area contributed by atoms with Crippen LogP contribution in [0.25, 0.3) is 10.8 Å². The number of halogens is 1. The second-order valence-corrected chi connectivity index (χ2v) is 8.95. The quantitative estimate of drug-likeness (QED) is 0.763. The zero-order chi connectivity index (χ0) is 17.5. The summed E-state index contributed by atoms with van der Waals surface area (Å²) in [5.74, 6) is -0.322. The molecule has 24 heavy (non-hydrogen) atoms. The Bertz CT molecular complexity index is 894. The minimum atomic E-state index is -3.17. The van der Waals surface area contributed by atoms with Gasteiger partial charge in [-0.3, -0.25) is 4.79 Å². The molecular weight excluding hydrogens is 348 g/mol. The van der Waals surface area contributed by atoms with E-state index in [1.165, 1.54) is 6.26 Å². The van der Waals surface area contributed by atoms with Crippen LogP contribution in [0, 0.1) is 0 Å². The van der Waals surface area contributed by atoms with Gasteiger partial charge in [-0.2, -0.15) is 0 Å². The number of rotatable bonds is 5. The zero-order valence-electron chi connectivity index (χ0n) is 13.6. The largest absolute Gasteiger partial charge is 0.331 e. The molecule has 1 amide bonds. The first-order valence-corrected chi connectivity index (χ1v) is 10.3. The summed E-state index contributed by atoms with van der Waals surface area (Å²) < 4.78 is 23.2. The molecule has 0 radical (unpaired) electrons. The normalized spacial score (nSPS) is 16.1. The molecule has 2 aromatic rings. The number of fused-ring (bicyclic) bond motifs is 1. The summed E-state index contributed by atoms with van der Waals surface area (Å²) in [6.45, 7) is 1.76. The molecule has 0 bridgehead atoms. The van der Waals surface area contributed by atoms with Gasteiger partial charge in [0.1, 0.15) is 20.7 Å². The number of aromatic nitrogens is 1. The molecule has 7 heteroatoms. The Hall–Kier alpha value is -1.66. The first kappa shape index (κ1) is 17.2. The smallest absolute Gasteiger partial charge is 0.273 e. The predicted molar refractivity (Wildman–Crippen MR) is 95.1 cm³/mol. The van der Waals surface area contributed by atoms with Gasteiger partial charge in [0.25, 0.3) is 5.91 Å². The standard InChI is InChI=1S/C17H19ClN2O3S/c1-11(10-24(2,22)23)20(13-7-8-13)17(21)15-9-12-5-3-4-6-14(12)16(18)19-15/h3-6,9,11,13H,7-8,10H2,1-2H3. The van der Waals surface area contributed by atoms with E-state index in [-0.39, 0.29) is 28.5 Å². The monoisotopic (exact) mass is 366 g/mol. The highest BCUT2D eigenvalue weighted by Gasteiger charge is 2.37. The van der Waals surface area contributed by atoms with Crippen molar-refractivity contribution >= 4 is 38.1 Å². The highest BCUT2D eigenvalue weighted by Crippen LogP contribution is 2.31. The van der Waals surface area contributed by atoms with Gasteiger partial charge in [0.05, 0.1) is 5.75 Å². The van der Waals surface area contributed by atoms with E-state index in [0.717, 1.165) is 23.6 Å². The molecule has 1 unspecified atom stereocenters. The fourth-order valence-electron chi connectivity index (χ4n) is 3.00. The summed E-state index contributed by atoms with van der Waals surface area (Å²) in [6.07, 6.45) is 2.96. The summed E-state index contributed by atoms with van der Waals surface area (Å²) >= 11 is 6.21. The van der Waals surface area contributed by atoms with Crippen molar-refractivity contribution < 1.29 is 13.2 Å². The zero-order valence-corrected chi connectivity index (χ0v) is 15.1. The van der Waals surface area contributed by atoms with Crippen molar-refractivity contribution in [3.63, 3.8) is 0 Å². The Morgan fingerprint density at radius 1 is 1.38 bits per heavy atom. The van der Waals surface area contributed by atoms with E-state index < -0.39 is 15.9 Å². The van der Waals surface area contributed by atoms with Crippen molar-refractivity contribution in [1.29, 1.82) is 0 Å². The number of carbonyl (C=O) groups excluding carboxylic acids is 1. The van der Waals surface area contributed by atoms with Gasteiger partial charge >= 0.3 is 0 Å². The number of amides is 1. The van der Waals surface area contributed by atoms with Gasteiger partial charge in [0.2, 0.25) is 0 Å². The first-order chi connectivity index (χ1) is 11.3. The van der Waals surface area contributed by atoms with Crippen LogP contribution < -0.4 is 0 Å². The number of sulfone groups is 1. The molecule has 1 aliphatic carbocycles. The van der Waals surface area contributed by atoms with Crippen LogP contribution in [0.15, 0.2) is 30.3 Å². The Morgan fingerprint density at radius 3 is 2.67 bits per heavy atom. The topological polar surface area (TPSA) is 67.3 Å². The number of hydrogen-bond donors (Lipinski definition) is 0. The second kappa shape index (κ2) is 6.33. The maximum atomic E-state index is 13.0. The lowest BCUT2D eigenvalue weighted by molar-refractivity contribution is 0.0687. The fourth-order valence-corrected chi connectivity index (χ4v) is 4.30.